The number of carbonyl (C=O) groups is 2. The van der Waals surface area contributed by atoms with Crippen LogP contribution in [0, 0.1) is 6.92 Å². The Morgan fingerprint density at radius 1 is 1.31 bits per heavy atom. The molecule has 1 aromatic carbocycles. The number of carbonyl (C=O) groups excluding carboxylic acids is 2. The molecule has 0 atom stereocenters. The van der Waals surface area contributed by atoms with Gasteiger partial charge in [-0.3, -0.25) is 14.0 Å². The van der Waals surface area contributed by atoms with Crippen LogP contribution in [-0.4, -0.2) is 24.9 Å². The van der Waals surface area contributed by atoms with E-state index in [0.717, 1.165) is 5.56 Å². The minimum Gasteiger partial charge on any atom is -0.304 e. The van der Waals surface area contributed by atoms with E-state index in [0.29, 0.717) is 11.3 Å². The zero-order valence-corrected chi connectivity index (χ0v) is 9.00. The molecule has 0 fully saturated rings. The van der Waals surface area contributed by atoms with Crippen LogP contribution >= 0.6 is 0 Å². The normalized spacial score (nSPS) is 14.5. The maximum atomic E-state index is 12.1. The van der Waals surface area contributed by atoms with Crippen molar-refractivity contribution in [2.45, 2.75) is 13.3 Å². The van der Waals surface area contributed by atoms with Crippen LogP contribution < -0.4 is 4.90 Å². The summed E-state index contributed by atoms with van der Waals surface area (Å²) >= 11 is 0. The van der Waals surface area contributed by atoms with Crippen LogP contribution in [0.3, 0.4) is 0 Å². The van der Waals surface area contributed by atoms with Gasteiger partial charge in [0.15, 0.2) is 0 Å². The zero-order chi connectivity index (χ0) is 11.7. The summed E-state index contributed by atoms with van der Waals surface area (Å²) in [6.45, 7) is 1.62. The molecular weight excluding hydrogens is 209 g/mol. The number of amides is 1. The van der Waals surface area contributed by atoms with Crippen molar-refractivity contribution in [1.82, 2.24) is 0 Å². The number of hydrogen-bond donors (Lipinski definition) is 0. The number of ketones is 1. The number of benzene rings is 1. The van der Waals surface area contributed by atoms with E-state index in [1.165, 1.54) is 4.90 Å². The van der Waals surface area contributed by atoms with E-state index in [1.807, 2.05) is 13.0 Å². The fourth-order valence-electron chi connectivity index (χ4n) is 1.97. The van der Waals surface area contributed by atoms with Gasteiger partial charge in [-0.2, -0.15) is 0 Å². The van der Waals surface area contributed by atoms with Crippen molar-refractivity contribution in [3.8, 4) is 0 Å². The average Bonchev–Trinajstić information content (AvgIpc) is 2.52. The second-order valence-electron chi connectivity index (χ2n) is 3.80. The fourth-order valence-corrected chi connectivity index (χ4v) is 1.97. The molecule has 84 valence electrons. The lowest BCUT2D eigenvalue weighted by molar-refractivity contribution is -0.114. The van der Waals surface area contributed by atoms with Crippen molar-refractivity contribution >= 4 is 17.4 Å². The number of anilines is 1. The molecule has 0 aromatic heterocycles. The molecule has 0 bridgehead atoms. The Morgan fingerprint density at radius 3 is 2.75 bits per heavy atom. The van der Waals surface area contributed by atoms with Crippen molar-refractivity contribution in [3.63, 3.8) is 0 Å². The van der Waals surface area contributed by atoms with E-state index in [1.54, 1.807) is 12.1 Å². The summed E-state index contributed by atoms with van der Waals surface area (Å²) in [5, 5.41) is 0. The molecule has 1 heterocycles. The van der Waals surface area contributed by atoms with Gasteiger partial charge in [-0.1, -0.05) is 12.1 Å². The van der Waals surface area contributed by atoms with Gasteiger partial charge in [-0.15, -0.1) is 0 Å². The highest BCUT2D eigenvalue weighted by molar-refractivity contribution is 6.52. The first-order valence-corrected chi connectivity index (χ1v) is 5.18. The predicted octanol–water partition coefficient (Wildman–Crippen LogP) is 1.88. The lowest BCUT2D eigenvalue weighted by Gasteiger charge is -2.17. The molecule has 0 N–H and O–H groups in total. The first-order valence-electron chi connectivity index (χ1n) is 5.18. The van der Waals surface area contributed by atoms with Crippen molar-refractivity contribution in [2.75, 3.05) is 18.1 Å². The van der Waals surface area contributed by atoms with Crippen molar-refractivity contribution in [1.29, 1.82) is 0 Å². The van der Waals surface area contributed by atoms with Gasteiger partial charge in [-0.05, 0) is 25.0 Å². The number of rotatable bonds is 3. The molecule has 0 unspecified atom stereocenters. The quantitative estimate of drug-likeness (QED) is 0.731. The van der Waals surface area contributed by atoms with Crippen LogP contribution in [0.1, 0.15) is 22.3 Å². The number of nitrogens with zero attached hydrogens (tertiary/aromatic N) is 1. The zero-order valence-electron chi connectivity index (χ0n) is 9.00. The lowest BCUT2D eigenvalue weighted by Crippen LogP contribution is -2.31. The molecule has 16 heavy (non-hydrogen) atoms. The van der Waals surface area contributed by atoms with Crippen molar-refractivity contribution < 1.29 is 14.0 Å². The topological polar surface area (TPSA) is 37.4 Å². The van der Waals surface area contributed by atoms with Crippen LogP contribution in [0.25, 0.3) is 0 Å². The van der Waals surface area contributed by atoms with E-state index < -0.39 is 18.4 Å². The van der Waals surface area contributed by atoms with E-state index in [4.69, 9.17) is 0 Å². The average molecular weight is 221 g/mol. The van der Waals surface area contributed by atoms with Crippen molar-refractivity contribution in [2.24, 2.45) is 0 Å². The maximum absolute atomic E-state index is 12.1. The Balaban J connectivity index is 2.43. The Morgan fingerprint density at radius 2 is 2.06 bits per heavy atom. The molecule has 0 radical (unpaired) electrons. The smallest absolute Gasteiger partial charge is 0.299 e. The largest absolute Gasteiger partial charge is 0.304 e. The van der Waals surface area contributed by atoms with E-state index in [9.17, 15) is 14.0 Å². The minimum atomic E-state index is -0.544. The van der Waals surface area contributed by atoms with Gasteiger partial charge in [0.1, 0.15) is 0 Å². The van der Waals surface area contributed by atoms with Crippen LogP contribution in [0.2, 0.25) is 0 Å². The molecule has 1 aromatic rings. The minimum absolute atomic E-state index is 0.257. The van der Waals surface area contributed by atoms with E-state index >= 15 is 0 Å². The molecule has 1 aliphatic heterocycles. The number of hydrogen-bond acceptors (Lipinski definition) is 2. The lowest BCUT2D eigenvalue weighted by atomic mass is 10.1. The summed E-state index contributed by atoms with van der Waals surface area (Å²) in [5.74, 6) is -1.03. The highest BCUT2D eigenvalue weighted by Gasteiger charge is 2.36. The highest BCUT2D eigenvalue weighted by atomic mass is 19.1. The number of halogens is 1. The third kappa shape index (κ3) is 1.50. The van der Waals surface area contributed by atoms with Gasteiger partial charge >= 0.3 is 0 Å². The highest BCUT2D eigenvalue weighted by Crippen LogP contribution is 2.32. The van der Waals surface area contributed by atoms with Crippen LogP contribution in [0.5, 0.6) is 0 Å². The monoisotopic (exact) mass is 221 g/mol. The Labute approximate surface area is 92.9 Å². The summed E-state index contributed by atoms with van der Waals surface area (Å²) in [5.41, 5.74) is 1.95. The Hall–Kier alpha value is -1.71. The maximum Gasteiger partial charge on any atom is 0.299 e. The van der Waals surface area contributed by atoms with Gasteiger partial charge in [-0.25, -0.2) is 0 Å². The molecule has 3 nitrogen and oxygen atoms in total. The molecule has 0 saturated carbocycles. The second-order valence-corrected chi connectivity index (χ2v) is 3.80. The number of para-hydroxylation sites is 1. The van der Waals surface area contributed by atoms with Crippen LogP contribution in [-0.2, 0) is 4.79 Å². The first-order chi connectivity index (χ1) is 7.66. The SMILES string of the molecule is Cc1cccc2c1N(CCCF)C(=O)C2=O. The summed E-state index contributed by atoms with van der Waals surface area (Å²) in [7, 11) is 0. The molecule has 1 amide bonds. The molecule has 0 spiro atoms. The summed E-state index contributed by atoms with van der Waals surface area (Å²) in [6.07, 6.45) is 0.257. The van der Waals surface area contributed by atoms with Crippen LogP contribution in [0.15, 0.2) is 18.2 Å². The molecule has 0 saturated heterocycles. The number of fused-ring (bicyclic) bond motifs is 1. The van der Waals surface area contributed by atoms with Gasteiger partial charge in [0.05, 0.1) is 17.9 Å². The summed E-state index contributed by atoms with van der Waals surface area (Å²) < 4.78 is 12.1. The number of alkyl halides is 1. The number of Topliss-reactive ketones (excluding diaryl/α,β-unsaturated/α-hetero) is 1. The third-order valence-corrected chi connectivity index (χ3v) is 2.71. The van der Waals surface area contributed by atoms with Gasteiger partial charge in [0, 0.05) is 6.54 Å². The third-order valence-electron chi connectivity index (χ3n) is 2.71. The fraction of sp³-hybridized carbons (Fsp3) is 0.333. The van der Waals surface area contributed by atoms with E-state index in [-0.39, 0.29) is 13.0 Å². The van der Waals surface area contributed by atoms with Gasteiger partial charge in [0.2, 0.25) is 0 Å². The predicted molar refractivity (Wildman–Crippen MR) is 58.5 cm³/mol. The molecule has 4 heteroatoms. The summed E-state index contributed by atoms with van der Waals surface area (Å²) in [4.78, 5) is 24.7. The number of aryl methyl sites for hydroxylation is 1. The summed E-state index contributed by atoms with van der Waals surface area (Å²) in [6, 6.07) is 5.23. The van der Waals surface area contributed by atoms with Crippen molar-refractivity contribution in [3.05, 3.63) is 29.3 Å². The van der Waals surface area contributed by atoms with E-state index in [2.05, 4.69) is 0 Å². The standard InChI is InChI=1S/C12H12FNO2/c1-8-4-2-5-9-10(8)14(7-3-6-13)12(16)11(9)15/h2,4-5H,3,6-7H2,1H3. The molecule has 2 rings (SSSR count). The first kappa shape index (κ1) is 10.8. The van der Waals surface area contributed by atoms with Crippen LogP contribution in [0.4, 0.5) is 10.1 Å². The molecular formula is C12H12FNO2. The second kappa shape index (κ2) is 4.04. The molecule has 1 aliphatic rings. The van der Waals surface area contributed by atoms with Gasteiger partial charge in [0.25, 0.3) is 11.7 Å². The van der Waals surface area contributed by atoms with Gasteiger partial charge < -0.3 is 4.90 Å². The molecule has 0 aliphatic carbocycles. The Kier molecular flexibility index (Phi) is 2.73. The Bertz CT molecular complexity index is 456.